The maximum atomic E-state index is 12.5. The first-order chi connectivity index (χ1) is 11.5. The zero-order chi connectivity index (χ0) is 17.1. The average molecular weight is 333 g/mol. The Bertz CT molecular complexity index is 693. The molecule has 2 aromatic rings. The zero-order valence-electron chi connectivity index (χ0n) is 14.4. The van der Waals surface area contributed by atoms with E-state index in [1.807, 2.05) is 4.90 Å². The van der Waals surface area contributed by atoms with Gasteiger partial charge >= 0.3 is 0 Å². The number of likely N-dealkylation sites (tertiary alicyclic amines) is 1. The fourth-order valence-corrected chi connectivity index (χ4v) is 2.95. The van der Waals surface area contributed by atoms with E-state index in [-0.39, 0.29) is 18.2 Å². The molecule has 3 heterocycles. The molecule has 1 aliphatic heterocycles. The molecule has 130 valence electrons. The van der Waals surface area contributed by atoms with Crippen LogP contribution in [0.5, 0.6) is 0 Å². The van der Waals surface area contributed by atoms with Crippen LogP contribution in [0.1, 0.15) is 55.7 Å². The summed E-state index contributed by atoms with van der Waals surface area (Å²) in [5, 5.41) is 11.6. The van der Waals surface area contributed by atoms with Gasteiger partial charge in [-0.1, -0.05) is 29.3 Å². The first-order valence-corrected chi connectivity index (χ1v) is 8.41. The number of amides is 1. The molecule has 0 saturated carbocycles. The van der Waals surface area contributed by atoms with Gasteiger partial charge in [-0.05, 0) is 25.7 Å². The van der Waals surface area contributed by atoms with Crippen molar-refractivity contribution < 1.29 is 13.9 Å². The third-order valence-corrected chi connectivity index (χ3v) is 4.26. The molecular formula is C16H23N5O3. The van der Waals surface area contributed by atoms with Crippen molar-refractivity contribution in [3.8, 4) is 0 Å². The van der Waals surface area contributed by atoms with Gasteiger partial charge in [0.1, 0.15) is 11.4 Å². The molecule has 0 spiro atoms. The van der Waals surface area contributed by atoms with Gasteiger partial charge in [-0.3, -0.25) is 4.79 Å². The quantitative estimate of drug-likeness (QED) is 0.824. The number of hydrogen-bond donors (Lipinski definition) is 0. The minimum atomic E-state index is 0.0282. The average Bonchev–Trinajstić information content (AvgIpc) is 3.17. The first kappa shape index (κ1) is 16.6. The fraction of sp³-hybridized carbons (Fsp3) is 0.688. The number of piperidine rings is 1. The predicted molar refractivity (Wildman–Crippen MR) is 84.1 cm³/mol. The molecule has 0 N–H and O–H groups in total. The standard InChI is InChI=1S/C16H23N5O3/c1-10(2)7-14-17-16(23-20-14)12-5-4-6-21(9-12)15(22)8-13-11(3)18-24-19-13/h10,12H,4-9H2,1-3H3/t12-/m0/s1. The number of carbonyl (C=O) groups is 1. The smallest absolute Gasteiger partial charge is 0.231 e. The van der Waals surface area contributed by atoms with E-state index in [9.17, 15) is 4.79 Å². The lowest BCUT2D eigenvalue weighted by molar-refractivity contribution is -0.131. The topological polar surface area (TPSA) is 98.2 Å². The van der Waals surface area contributed by atoms with Gasteiger partial charge in [-0.15, -0.1) is 0 Å². The van der Waals surface area contributed by atoms with Crippen LogP contribution in [0.2, 0.25) is 0 Å². The van der Waals surface area contributed by atoms with Crippen LogP contribution in [-0.2, 0) is 17.6 Å². The van der Waals surface area contributed by atoms with Crippen molar-refractivity contribution in [2.75, 3.05) is 13.1 Å². The Kier molecular flexibility index (Phi) is 4.92. The van der Waals surface area contributed by atoms with E-state index < -0.39 is 0 Å². The van der Waals surface area contributed by atoms with Crippen LogP contribution in [0.3, 0.4) is 0 Å². The van der Waals surface area contributed by atoms with Gasteiger partial charge in [-0.2, -0.15) is 4.98 Å². The van der Waals surface area contributed by atoms with E-state index >= 15 is 0 Å². The molecule has 1 atom stereocenters. The maximum absolute atomic E-state index is 12.5. The summed E-state index contributed by atoms with van der Waals surface area (Å²) in [4.78, 5) is 18.8. The molecule has 3 rings (SSSR count). The molecule has 0 radical (unpaired) electrons. The van der Waals surface area contributed by atoms with Crippen molar-refractivity contribution in [3.05, 3.63) is 23.1 Å². The molecule has 1 fully saturated rings. The molecule has 1 amide bonds. The Balaban J connectivity index is 1.62. The normalized spacial score (nSPS) is 18.3. The third kappa shape index (κ3) is 3.80. The highest BCUT2D eigenvalue weighted by atomic mass is 16.6. The minimum Gasteiger partial charge on any atom is -0.342 e. The molecule has 2 aromatic heterocycles. The van der Waals surface area contributed by atoms with Crippen molar-refractivity contribution in [2.24, 2.45) is 5.92 Å². The Morgan fingerprint density at radius 2 is 2.17 bits per heavy atom. The lowest BCUT2D eigenvalue weighted by Gasteiger charge is -2.30. The van der Waals surface area contributed by atoms with Gasteiger partial charge in [0, 0.05) is 19.5 Å². The summed E-state index contributed by atoms with van der Waals surface area (Å²) in [5.74, 6) is 2.00. The number of aryl methyl sites for hydroxylation is 1. The molecule has 24 heavy (non-hydrogen) atoms. The lowest BCUT2D eigenvalue weighted by atomic mass is 9.97. The zero-order valence-corrected chi connectivity index (χ0v) is 14.4. The Morgan fingerprint density at radius 1 is 1.33 bits per heavy atom. The second-order valence-corrected chi connectivity index (χ2v) is 6.80. The molecule has 1 aliphatic rings. The number of aromatic nitrogens is 4. The second-order valence-electron chi connectivity index (χ2n) is 6.80. The second kappa shape index (κ2) is 7.11. The Hall–Kier alpha value is -2.25. The largest absolute Gasteiger partial charge is 0.342 e. The summed E-state index contributed by atoms with van der Waals surface area (Å²) in [6, 6.07) is 0. The summed E-state index contributed by atoms with van der Waals surface area (Å²) < 4.78 is 10.1. The molecular weight excluding hydrogens is 310 g/mol. The van der Waals surface area contributed by atoms with Crippen LogP contribution in [-0.4, -0.2) is 44.4 Å². The van der Waals surface area contributed by atoms with Gasteiger partial charge in [0.05, 0.1) is 12.3 Å². The van der Waals surface area contributed by atoms with Crippen molar-refractivity contribution in [2.45, 2.75) is 52.4 Å². The van der Waals surface area contributed by atoms with Gasteiger partial charge in [-0.25, -0.2) is 4.63 Å². The van der Waals surface area contributed by atoms with E-state index in [1.165, 1.54) is 0 Å². The van der Waals surface area contributed by atoms with E-state index in [0.29, 0.717) is 29.7 Å². The van der Waals surface area contributed by atoms with Crippen molar-refractivity contribution in [1.29, 1.82) is 0 Å². The number of nitrogens with zero attached hydrogens (tertiary/aromatic N) is 5. The van der Waals surface area contributed by atoms with Crippen molar-refractivity contribution >= 4 is 5.91 Å². The van der Waals surface area contributed by atoms with E-state index in [4.69, 9.17) is 4.52 Å². The van der Waals surface area contributed by atoms with Crippen LogP contribution < -0.4 is 0 Å². The first-order valence-electron chi connectivity index (χ1n) is 8.41. The highest BCUT2D eigenvalue weighted by Crippen LogP contribution is 2.26. The highest BCUT2D eigenvalue weighted by molar-refractivity contribution is 5.78. The van der Waals surface area contributed by atoms with Crippen molar-refractivity contribution in [3.63, 3.8) is 0 Å². The summed E-state index contributed by atoms with van der Waals surface area (Å²) in [6.45, 7) is 7.38. The Labute approximate surface area is 140 Å². The molecule has 0 unspecified atom stereocenters. The molecule has 0 aliphatic carbocycles. The Morgan fingerprint density at radius 3 is 2.88 bits per heavy atom. The fourth-order valence-electron chi connectivity index (χ4n) is 2.95. The summed E-state index contributed by atoms with van der Waals surface area (Å²) in [6.07, 6.45) is 2.90. The van der Waals surface area contributed by atoms with Crippen LogP contribution in [0.4, 0.5) is 0 Å². The number of hydrogen-bond acceptors (Lipinski definition) is 7. The lowest BCUT2D eigenvalue weighted by Crippen LogP contribution is -2.40. The monoisotopic (exact) mass is 333 g/mol. The van der Waals surface area contributed by atoms with Gasteiger partial charge in [0.2, 0.25) is 11.8 Å². The van der Waals surface area contributed by atoms with E-state index in [2.05, 4.69) is 38.9 Å². The van der Waals surface area contributed by atoms with Gasteiger partial charge in [0.25, 0.3) is 0 Å². The van der Waals surface area contributed by atoms with Crippen LogP contribution >= 0.6 is 0 Å². The van der Waals surface area contributed by atoms with Gasteiger partial charge in [0.15, 0.2) is 5.82 Å². The van der Waals surface area contributed by atoms with E-state index in [0.717, 1.165) is 31.6 Å². The highest BCUT2D eigenvalue weighted by Gasteiger charge is 2.29. The molecule has 8 nitrogen and oxygen atoms in total. The molecule has 8 heteroatoms. The SMILES string of the molecule is Cc1nonc1CC(=O)N1CCC[C@H](c2nc(CC(C)C)no2)C1. The number of carbonyl (C=O) groups excluding carboxylic acids is 1. The number of rotatable bonds is 5. The van der Waals surface area contributed by atoms with Gasteiger partial charge < -0.3 is 9.42 Å². The molecule has 0 bridgehead atoms. The van der Waals surface area contributed by atoms with E-state index in [1.54, 1.807) is 6.92 Å². The molecule has 0 aromatic carbocycles. The summed E-state index contributed by atoms with van der Waals surface area (Å²) >= 11 is 0. The third-order valence-electron chi connectivity index (χ3n) is 4.26. The molecule has 1 saturated heterocycles. The predicted octanol–water partition coefficient (Wildman–Crippen LogP) is 1.91. The summed E-state index contributed by atoms with van der Waals surface area (Å²) in [7, 11) is 0. The van der Waals surface area contributed by atoms with Crippen LogP contribution in [0.25, 0.3) is 0 Å². The van der Waals surface area contributed by atoms with Crippen LogP contribution in [0, 0.1) is 12.8 Å². The minimum absolute atomic E-state index is 0.0282. The maximum Gasteiger partial charge on any atom is 0.231 e. The van der Waals surface area contributed by atoms with Crippen molar-refractivity contribution in [1.82, 2.24) is 25.4 Å². The van der Waals surface area contributed by atoms with Crippen LogP contribution in [0.15, 0.2) is 9.15 Å². The summed E-state index contributed by atoms with van der Waals surface area (Å²) in [5.41, 5.74) is 1.26.